The molecule has 16 heavy (non-hydrogen) atoms. The molecule has 0 amide bonds. The number of hydrogen-bond donors (Lipinski definition) is 1. The molecule has 2 nitrogen and oxygen atoms in total. The molecule has 0 saturated heterocycles. The lowest BCUT2D eigenvalue weighted by Crippen LogP contribution is -1.94. The fourth-order valence-corrected chi connectivity index (χ4v) is 1.13. The van der Waals surface area contributed by atoms with Crippen LogP contribution in [0.4, 0.5) is 4.39 Å². The highest BCUT2D eigenvalue weighted by atomic mass is 35.5. The Bertz CT molecular complexity index is 294. The maximum Gasteiger partial charge on any atom is 0.335 e. The van der Waals surface area contributed by atoms with Crippen molar-refractivity contribution in [3.05, 3.63) is 35.6 Å². The van der Waals surface area contributed by atoms with Crippen molar-refractivity contribution in [2.75, 3.05) is 5.88 Å². The normalized spacial score (nSPS) is 9.19. The molecule has 0 fully saturated rings. The molecule has 0 aromatic heterocycles. The molecule has 0 heterocycles. The Hall–Kier alpha value is -1.09. The number of alkyl halides is 1. The van der Waals surface area contributed by atoms with Gasteiger partial charge < -0.3 is 5.11 Å². The lowest BCUT2D eigenvalue weighted by atomic mass is 10.2. The summed E-state index contributed by atoms with van der Waals surface area (Å²) in [6.07, 6.45) is 3.73. The molecule has 0 aliphatic heterocycles. The zero-order chi connectivity index (χ0) is 12.4. The fourth-order valence-electron chi connectivity index (χ4n) is 0.937. The Morgan fingerprint density at radius 3 is 2.19 bits per heavy atom. The van der Waals surface area contributed by atoms with Crippen LogP contribution in [0.5, 0.6) is 0 Å². The molecule has 4 heteroatoms. The summed E-state index contributed by atoms with van der Waals surface area (Å²) in [6.45, 7) is 2.17. The molecule has 0 bridgehead atoms. The van der Waals surface area contributed by atoms with Crippen LogP contribution in [0.1, 0.15) is 36.5 Å². The van der Waals surface area contributed by atoms with Crippen LogP contribution in [0.3, 0.4) is 0 Å². The number of carboxylic acids is 1. The van der Waals surface area contributed by atoms with E-state index in [0.717, 1.165) is 18.0 Å². The number of hydrogen-bond acceptors (Lipinski definition) is 1. The van der Waals surface area contributed by atoms with Gasteiger partial charge in [0, 0.05) is 5.88 Å². The smallest absolute Gasteiger partial charge is 0.335 e. The second-order valence-corrected chi connectivity index (χ2v) is 3.59. The van der Waals surface area contributed by atoms with Crippen molar-refractivity contribution in [2.24, 2.45) is 0 Å². The molecule has 1 rings (SSSR count). The Morgan fingerprint density at radius 1 is 1.31 bits per heavy atom. The molecule has 1 N–H and O–H groups in total. The van der Waals surface area contributed by atoms with Crippen LogP contribution < -0.4 is 0 Å². The molecule has 0 saturated carbocycles. The maximum atomic E-state index is 12.2. The summed E-state index contributed by atoms with van der Waals surface area (Å²) in [7, 11) is 0. The SMILES string of the molecule is CCCCCCl.O=C(O)c1ccc(F)cc1. The van der Waals surface area contributed by atoms with Crippen molar-refractivity contribution in [1.82, 2.24) is 0 Å². The van der Waals surface area contributed by atoms with E-state index in [1.807, 2.05) is 0 Å². The van der Waals surface area contributed by atoms with Crippen molar-refractivity contribution in [2.45, 2.75) is 26.2 Å². The van der Waals surface area contributed by atoms with Gasteiger partial charge in [-0.05, 0) is 30.7 Å². The number of carbonyl (C=O) groups is 1. The summed E-state index contributed by atoms with van der Waals surface area (Å²) in [5.41, 5.74) is 0.0985. The van der Waals surface area contributed by atoms with E-state index in [1.165, 1.54) is 31.4 Å². The molecular formula is C12H16ClFO2. The predicted octanol–water partition coefficient (Wildman–Crippen LogP) is 3.94. The molecule has 0 aliphatic carbocycles. The number of benzene rings is 1. The molecule has 0 unspecified atom stereocenters. The van der Waals surface area contributed by atoms with Crippen molar-refractivity contribution in [1.29, 1.82) is 0 Å². The summed E-state index contributed by atoms with van der Waals surface area (Å²) in [6, 6.07) is 4.67. The van der Waals surface area contributed by atoms with Gasteiger partial charge >= 0.3 is 5.97 Å². The minimum atomic E-state index is -1.04. The van der Waals surface area contributed by atoms with E-state index >= 15 is 0 Å². The monoisotopic (exact) mass is 246 g/mol. The average molecular weight is 247 g/mol. The predicted molar refractivity (Wildman–Crippen MR) is 63.6 cm³/mol. The number of halogens is 2. The van der Waals surface area contributed by atoms with Gasteiger partial charge in [-0.3, -0.25) is 0 Å². The summed E-state index contributed by atoms with van der Waals surface area (Å²) < 4.78 is 12.2. The fraction of sp³-hybridized carbons (Fsp3) is 0.417. The molecule has 0 atom stereocenters. The lowest BCUT2D eigenvalue weighted by Gasteiger charge is -1.90. The molecule has 0 aliphatic rings. The number of aromatic carboxylic acids is 1. The third-order valence-electron chi connectivity index (χ3n) is 1.83. The van der Waals surface area contributed by atoms with E-state index in [9.17, 15) is 9.18 Å². The number of rotatable bonds is 4. The van der Waals surface area contributed by atoms with Gasteiger partial charge in [0.05, 0.1) is 5.56 Å². The average Bonchev–Trinajstić information content (AvgIpc) is 2.28. The quantitative estimate of drug-likeness (QED) is 0.645. The first-order valence-electron chi connectivity index (χ1n) is 5.16. The summed E-state index contributed by atoms with van der Waals surface area (Å²) in [5.74, 6) is -0.640. The van der Waals surface area contributed by atoms with Crippen LogP contribution >= 0.6 is 11.6 Å². The molecule has 1 aromatic rings. The van der Waals surface area contributed by atoms with Crippen LogP contribution in [0.2, 0.25) is 0 Å². The van der Waals surface area contributed by atoms with E-state index in [4.69, 9.17) is 16.7 Å². The number of unbranched alkanes of at least 4 members (excludes halogenated alkanes) is 2. The molecule has 1 aromatic carbocycles. The highest BCUT2D eigenvalue weighted by Gasteiger charge is 1.99. The Morgan fingerprint density at radius 2 is 1.88 bits per heavy atom. The second-order valence-electron chi connectivity index (χ2n) is 3.21. The third kappa shape index (κ3) is 7.23. The van der Waals surface area contributed by atoms with Gasteiger partial charge in [-0.2, -0.15) is 0 Å². The van der Waals surface area contributed by atoms with Gasteiger partial charge in [0.2, 0.25) is 0 Å². The van der Waals surface area contributed by atoms with E-state index in [-0.39, 0.29) is 5.56 Å². The Kier molecular flexibility index (Phi) is 8.53. The topological polar surface area (TPSA) is 37.3 Å². The summed E-state index contributed by atoms with van der Waals surface area (Å²) in [5, 5.41) is 8.35. The molecule has 0 radical (unpaired) electrons. The zero-order valence-electron chi connectivity index (χ0n) is 9.25. The van der Waals surface area contributed by atoms with Crippen molar-refractivity contribution < 1.29 is 14.3 Å². The Labute approximate surface area is 100 Å². The Balaban J connectivity index is 0.000000325. The highest BCUT2D eigenvalue weighted by Crippen LogP contribution is 2.01. The van der Waals surface area contributed by atoms with Crippen molar-refractivity contribution in [3.8, 4) is 0 Å². The van der Waals surface area contributed by atoms with E-state index in [0.29, 0.717) is 0 Å². The largest absolute Gasteiger partial charge is 0.478 e. The standard InChI is InChI=1S/C7H5FO2.C5H11Cl/c8-6-3-1-5(2-4-6)7(9)10;1-2-3-4-5-6/h1-4H,(H,9,10);2-5H2,1H3. The van der Waals surface area contributed by atoms with E-state index < -0.39 is 11.8 Å². The van der Waals surface area contributed by atoms with Crippen LogP contribution in [0.15, 0.2) is 24.3 Å². The minimum Gasteiger partial charge on any atom is -0.478 e. The first kappa shape index (κ1) is 14.9. The van der Waals surface area contributed by atoms with Crippen molar-refractivity contribution >= 4 is 17.6 Å². The molecule has 0 spiro atoms. The van der Waals surface area contributed by atoms with Crippen molar-refractivity contribution in [3.63, 3.8) is 0 Å². The highest BCUT2D eigenvalue weighted by molar-refractivity contribution is 6.17. The lowest BCUT2D eigenvalue weighted by molar-refractivity contribution is 0.0697. The van der Waals surface area contributed by atoms with Crippen LogP contribution in [-0.2, 0) is 0 Å². The van der Waals surface area contributed by atoms with E-state index in [2.05, 4.69) is 6.92 Å². The summed E-state index contributed by atoms with van der Waals surface area (Å²) >= 11 is 5.38. The van der Waals surface area contributed by atoms with Gasteiger partial charge in [0.1, 0.15) is 5.82 Å². The van der Waals surface area contributed by atoms with Gasteiger partial charge in [-0.15, -0.1) is 11.6 Å². The second kappa shape index (κ2) is 9.16. The van der Waals surface area contributed by atoms with Gasteiger partial charge in [0.25, 0.3) is 0 Å². The minimum absolute atomic E-state index is 0.0985. The molecular weight excluding hydrogens is 231 g/mol. The maximum absolute atomic E-state index is 12.2. The van der Waals surface area contributed by atoms with Crippen LogP contribution in [-0.4, -0.2) is 17.0 Å². The molecule has 90 valence electrons. The zero-order valence-corrected chi connectivity index (χ0v) is 10.0. The van der Waals surface area contributed by atoms with E-state index in [1.54, 1.807) is 0 Å². The van der Waals surface area contributed by atoms with Crippen LogP contribution in [0, 0.1) is 5.82 Å². The van der Waals surface area contributed by atoms with Gasteiger partial charge in [0.15, 0.2) is 0 Å². The first-order chi connectivity index (χ1) is 7.61. The van der Waals surface area contributed by atoms with Gasteiger partial charge in [-0.25, -0.2) is 9.18 Å². The third-order valence-corrected chi connectivity index (χ3v) is 2.10. The number of carboxylic acid groups (broad SMARTS) is 1. The van der Waals surface area contributed by atoms with Gasteiger partial charge in [-0.1, -0.05) is 19.8 Å². The first-order valence-corrected chi connectivity index (χ1v) is 5.70. The van der Waals surface area contributed by atoms with Crippen LogP contribution in [0.25, 0.3) is 0 Å². The summed E-state index contributed by atoms with van der Waals surface area (Å²) in [4.78, 5) is 10.2.